The number of hydrogen-bond donors (Lipinski definition) is 0. The van der Waals surface area contributed by atoms with Crippen LogP contribution in [0.2, 0.25) is 0 Å². The van der Waals surface area contributed by atoms with Gasteiger partial charge in [-0.05, 0) is 33.3 Å². The number of ether oxygens (including phenoxy) is 2. The van der Waals surface area contributed by atoms with E-state index in [1.165, 1.54) is 13.0 Å². The molecule has 0 amide bonds. The van der Waals surface area contributed by atoms with Gasteiger partial charge in [0.15, 0.2) is 0 Å². The first-order valence-electron chi connectivity index (χ1n) is 5.31. The minimum absolute atomic E-state index is 0.469. The Bertz CT molecular complexity index is 250. The van der Waals surface area contributed by atoms with Gasteiger partial charge in [0, 0.05) is 0 Å². The van der Waals surface area contributed by atoms with Crippen molar-refractivity contribution >= 4 is 6.16 Å². The van der Waals surface area contributed by atoms with Crippen LogP contribution in [0.5, 0.6) is 0 Å². The molecule has 0 radical (unpaired) electrons. The van der Waals surface area contributed by atoms with E-state index in [0.717, 1.165) is 6.42 Å². The lowest BCUT2D eigenvalue weighted by atomic mass is 10.1. The third-order valence-electron chi connectivity index (χ3n) is 2.00. The molecule has 0 aromatic rings. The van der Waals surface area contributed by atoms with Gasteiger partial charge in [-0.15, -0.1) is 0 Å². The van der Waals surface area contributed by atoms with Crippen LogP contribution >= 0.6 is 0 Å². The van der Waals surface area contributed by atoms with Crippen molar-refractivity contribution in [2.24, 2.45) is 0 Å². The first kappa shape index (κ1) is 15.9. The topological polar surface area (TPSA) is 77.0 Å². The van der Waals surface area contributed by atoms with Gasteiger partial charge >= 0.3 is 0 Å². The Morgan fingerprint density at radius 3 is 2.53 bits per heavy atom. The molecule has 6 heteroatoms. The second kappa shape index (κ2) is 7.26. The van der Waals surface area contributed by atoms with Crippen molar-refractivity contribution in [2.45, 2.75) is 52.3 Å². The molecule has 0 aliphatic carbocycles. The molecule has 0 aliphatic rings. The van der Waals surface area contributed by atoms with Gasteiger partial charge in [-0.3, -0.25) is 0 Å². The Morgan fingerprint density at radius 1 is 1.53 bits per heavy atom. The zero-order valence-corrected chi connectivity index (χ0v) is 10.6. The van der Waals surface area contributed by atoms with E-state index in [0.29, 0.717) is 0 Å². The zero-order valence-electron chi connectivity index (χ0n) is 10.6. The van der Waals surface area contributed by atoms with E-state index in [2.05, 4.69) is 11.3 Å². The van der Waals surface area contributed by atoms with E-state index in [1.807, 2.05) is 20.8 Å². The summed E-state index contributed by atoms with van der Waals surface area (Å²) in [5.41, 5.74) is -0.469. The van der Waals surface area contributed by atoms with Crippen molar-refractivity contribution in [3.8, 4) is 0 Å². The maximum absolute atomic E-state index is 10.1. The summed E-state index contributed by atoms with van der Waals surface area (Å²) in [5.74, 6) is 0. The van der Waals surface area contributed by atoms with Gasteiger partial charge in [-0.2, -0.15) is 4.89 Å². The highest BCUT2D eigenvalue weighted by atomic mass is 17.2. The molecule has 0 aromatic carbocycles. The molecule has 0 rings (SSSR count). The Hall–Kier alpha value is -1.11. The van der Waals surface area contributed by atoms with Crippen molar-refractivity contribution in [3.63, 3.8) is 0 Å². The fraction of sp³-hybridized carbons (Fsp3) is 0.727. The lowest BCUT2D eigenvalue weighted by Gasteiger charge is -2.26. The minimum atomic E-state index is -1.67. The number of rotatable bonds is 8. The predicted molar refractivity (Wildman–Crippen MR) is 57.6 cm³/mol. The number of carbonyl (C=O) groups excluding carboxylic acids is 1. The van der Waals surface area contributed by atoms with E-state index < -0.39 is 24.3 Å². The van der Waals surface area contributed by atoms with E-state index in [4.69, 9.17) is 14.5 Å². The van der Waals surface area contributed by atoms with Crippen LogP contribution in [0.15, 0.2) is 12.7 Å². The van der Waals surface area contributed by atoms with Crippen LogP contribution < -0.4 is 5.11 Å². The third-order valence-corrected chi connectivity index (χ3v) is 2.00. The van der Waals surface area contributed by atoms with E-state index >= 15 is 0 Å². The van der Waals surface area contributed by atoms with Crippen LogP contribution in [-0.2, 0) is 19.2 Å². The van der Waals surface area contributed by atoms with E-state index in [9.17, 15) is 9.90 Å². The Labute approximate surface area is 101 Å². The van der Waals surface area contributed by atoms with Gasteiger partial charge < -0.3 is 19.4 Å². The summed E-state index contributed by atoms with van der Waals surface area (Å²) in [6.07, 6.45) is -1.57. The predicted octanol–water partition coefficient (Wildman–Crippen LogP) is 1.36. The molecule has 2 unspecified atom stereocenters. The van der Waals surface area contributed by atoms with Gasteiger partial charge in [0.05, 0.1) is 5.60 Å². The summed E-state index contributed by atoms with van der Waals surface area (Å²) in [4.78, 5) is 20.2. The lowest BCUT2D eigenvalue weighted by molar-refractivity contribution is -0.422. The zero-order chi connectivity index (χ0) is 13.5. The van der Waals surface area contributed by atoms with Gasteiger partial charge in [0.25, 0.3) is 6.16 Å². The standard InChI is InChI=1S/C11H20O6/c1-6-9(14-8(3)15-10(12)13)16-17-11(4,5)7-2/h6,8-9H,1,7H2,2-5H3,(H,12,13)/p-1. The van der Waals surface area contributed by atoms with E-state index in [1.54, 1.807) is 0 Å². The third kappa shape index (κ3) is 7.73. The van der Waals surface area contributed by atoms with Gasteiger partial charge in [0.1, 0.15) is 6.29 Å². The smallest absolute Gasteiger partial charge is 0.254 e. The minimum Gasteiger partial charge on any atom is -0.521 e. The Balaban J connectivity index is 4.08. The second-order valence-electron chi connectivity index (χ2n) is 3.97. The van der Waals surface area contributed by atoms with Crippen molar-refractivity contribution in [2.75, 3.05) is 0 Å². The monoisotopic (exact) mass is 247 g/mol. The highest BCUT2D eigenvalue weighted by Gasteiger charge is 2.20. The highest BCUT2D eigenvalue weighted by molar-refractivity contribution is 5.54. The first-order chi connectivity index (χ1) is 7.80. The molecule has 0 bridgehead atoms. The van der Waals surface area contributed by atoms with Crippen molar-refractivity contribution < 1.29 is 29.1 Å². The Kier molecular flexibility index (Phi) is 6.79. The molecule has 17 heavy (non-hydrogen) atoms. The fourth-order valence-corrected chi connectivity index (χ4v) is 0.706. The molecular formula is C11H19O6-. The number of carboxylic acid groups (broad SMARTS) is 1. The van der Waals surface area contributed by atoms with Crippen molar-refractivity contribution in [3.05, 3.63) is 12.7 Å². The molecule has 100 valence electrons. The largest absolute Gasteiger partial charge is 0.521 e. The molecule has 0 fully saturated rings. The summed E-state index contributed by atoms with van der Waals surface area (Å²) < 4.78 is 9.28. The molecule has 6 nitrogen and oxygen atoms in total. The first-order valence-corrected chi connectivity index (χ1v) is 5.31. The average molecular weight is 247 g/mol. The van der Waals surface area contributed by atoms with Crippen LogP contribution in [0, 0.1) is 0 Å². The van der Waals surface area contributed by atoms with Crippen molar-refractivity contribution in [1.82, 2.24) is 0 Å². The van der Waals surface area contributed by atoms with Crippen LogP contribution in [0.3, 0.4) is 0 Å². The molecule has 2 atom stereocenters. The molecule has 0 saturated carbocycles. The summed E-state index contributed by atoms with van der Waals surface area (Å²) in [5, 5.41) is 10.1. The molecule has 0 saturated heterocycles. The molecule has 0 N–H and O–H groups in total. The molecule has 0 aliphatic heterocycles. The molecule has 0 heterocycles. The fourth-order valence-electron chi connectivity index (χ4n) is 0.706. The number of hydrogen-bond acceptors (Lipinski definition) is 6. The quantitative estimate of drug-likeness (QED) is 0.212. The highest BCUT2D eigenvalue weighted by Crippen LogP contribution is 2.16. The van der Waals surface area contributed by atoms with Gasteiger partial charge in [-0.1, -0.05) is 13.5 Å². The van der Waals surface area contributed by atoms with Crippen LogP contribution in [0.4, 0.5) is 4.79 Å². The van der Waals surface area contributed by atoms with E-state index in [-0.39, 0.29) is 0 Å². The molecule has 0 spiro atoms. The summed E-state index contributed by atoms with van der Waals surface area (Å²) in [7, 11) is 0. The summed E-state index contributed by atoms with van der Waals surface area (Å²) in [6, 6.07) is 0. The summed E-state index contributed by atoms with van der Waals surface area (Å²) >= 11 is 0. The summed E-state index contributed by atoms with van der Waals surface area (Å²) in [6.45, 7) is 10.5. The van der Waals surface area contributed by atoms with Crippen LogP contribution in [0.1, 0.15) is 34.1 Å². The van der Waals surface area contributed by atoms with Gasteiger partial charge in [-0.25, -0.2) is 4.89 Å². The maximum atomic E-state index is 10.1. The molecule has 0 aromatic heterocycles. The van der Waals surface area contributed by atoms with Crippen molar-refractivity contribution in [1.29, 1.82) is 0 Å². The maximum Gasteiger partial charge on any atom is 0.254 e. The molecular weight excluding hydrogens is 228 g/mol. The van der Waals surface area contributed by atoms with Crippen LogP contribution in [0.25, 0.3) is 0 Å². The number of carbonyl (C=O) groups is 1. The lowest BCUT2D eigenvalue weighted by Crippen LogP contribution is -2.33. The SMILES string of the molecule is C=CC(OOC(C)(C)CC)OC(C)OC(=O)[O-]. The Morgan fingerprint density at radius 2 is 2.12 bits per heavy atom. The second-order valence-corrected chi connectivity index (χ2v) is 3.97. The normalized spacial score (nSPS) is 15.1. The average Bonchev–Trinajstić information content (AvgIpc) is 2.23. The van der Waals surface area contributed by atoms with Gasteiger partial charge in [0.2, 0.25) is 6.29 Å². The van der Waals surface area contributed by atoms with Crippen LogP contribution in [-0.4, -0.2) is 24.3 Å².